The predicted octanol–water partition coefficient (Wildman–Crippen LogP) is 3.13. The molecule has 0 radical (unpaired) electrons. The molecule has 0 fully saturated rings. The molecule has 3 aromatic rings. The molecule has 0 aliphatic carbocycles. The standard InChI is InChI=1S/C17H19N3O/c1-10(2)16-13(8-15(21)18-3)19-9-14-17(16)11-6-4-5-7-12(11)20-14/h4-7,9-10,20H,8H2,1-3H3,(H,18,21). The Morgan fingerprint density at radius 1 is 1.29 bits per heavy atom. The van der Waals surface area contributed by atoms with Crippen molar-refractivity contribution < 1.29 is 4.79 Å². The zero-order chi connectivity index (χ0) is 15.0. The van der Waals surface area contributed by atoms with E-state index in [9.17, 15) is 4.79 Å². The van der Waals surface area contributed by atoms with Gasteiger partial charge in [-0.1, -0.05) is 32.0 Å². The van der Waals surface area contributed by atoms with Gasteiger partial charge in [0.1, 0.15) is 0 Å². The van der Waals surface area contributed by atoms with Crippen LogP contribution in [0.25, 0.3) is 21.8 Å². The molecule has 21 heavy (non-hydrogen) atoms. The SMILES string of the molecule is CNC(=O)Cc1ncc2[nH]c3ccccc3c2c1C(C)C. The summed E-state index contributed by atoms with van der Waals surface area (Å²) in [7, 11) is 1.65. The molecule has 0 saturated heterocycles. The maximum Gasteiger partial charge on any atom is 0.225 e. The molecule has 2 N–H and O–H groups in total. The number of rotatable bonds is 3. The minimum absolute atomic E-state index is 0.0106. The van der Waals surface area contributed by atoms with Gasteiger partial charge < -0.3 is 10.3 Å². The van der Waals surface area contributed by atoms with Gasteiger partial charge in [-0.3, -0.25) is 9.78 Å². The number of nitrogens with one attached hydrogen (secondary N) is 2. The van der Waals surface area contributed by atoms with Gasteiger partial charge in [-0.15, -0.1) is 0 Å². The van der Waals surface area contributed by atoms with Gasteiger partial charge in [0, 0.05) is 23.3 Å². The predicted molar refractivity (Wildman–Crippen MR) is 85.5 cm³/mol. The summed E-state index contributed by atoms with van der Waals surface area (Å²) in [5.41, 5.74) is 4.16. The number of pyridine rings is 1. The van der Waals surface area contributed by atoms with Crippen molar-refractivity contribution in [2.45, 2.75) is 26.2 Å². The maximum absolute atomic E-state index is 11.7. The van der Waals surface area contributed by atoms with E-state index in [4.69, 9.17) is 0 Å². The lowest BCUT2D eigenvalue weighted by molar-refractivity contribution is -0.120. The highest BCUT2D eigenvalue weighted by Crippen LogP contribution is 2.33. The van der Waals surface area contributed by atoms with Crippen molar-refractivity contribution in [3.8, 4) is 0 Å². The summed E-state index contributed by atoms with van der Waals surface area (Å²) in [5, 5.41) is 5.05. The van der Waals surface area contributed by atoms with Crippen LogP contribution in [-0.4, -0.2) is 22.9 Å². The molecule has 0 aliphatic rings. The van der Waals surface area contributed by atoms with E-state index in [1.54, 1.807) is 7.05 Å². The van der Waals surface area contributed by atoms with Crippen molar-refractivity contribution in [3.05, 3.63) is 41.7 Å². The van der Waals surface area contributed by atoms with Gasteiger partial charge in [0.2, 0.25) is 5.91 Å². The molecule has 0 saturated carbocycles. The van der Waals surface area contributed by atoms with E-state index >= 15 is 0 Å². The molecule has 0 unspecified atom stereocenters. The van der Waals surface area contributed by atoms with Crippen molar-refractivity contribution in [3.63, 3.8) is 0 Å². The van der Waals surface area contributed by atoms with Crippen molar-refractivity contribution in [2.24, 2.45) is 0 Å². The molecule has 0 aliphatic heterocycles. The fourth-order valence-corrected chi connectivity index (χ4v) is 2.91. The van der Waals surface area contributed by atoms with Crippen molar-refractivity contribution >= 4 is 27.7 Å². The van der Waals surface area contributed by atoms with E-state index in [2.05, 4.69) is 41.3 Å². The van der Waals surface area contributed by atoms with Crippen LogP contribution in [0.15, 0.2) is 30.5 Å². The van der Waals surface area contributed by atoms with Crippen molar-refractivity contribution in [1.82, 2.24) is 15.3 Å². The number of H-pyrrole nitrogens is 1. The maximum atomic E-state index is 11.7. The normalized spacial score (nSPS) is 11.4. The Labute approximate surface area is 123 Å². The fourth-order valence-electron chi connectivity index (χ4n) is 2.91. The molecule has 2 heterocycles. The average Bonchev–Trinajstić information content (AvgIpc) is 2.85. The number of nitrogens with zero attached hydrogens (tertiary/aromatic N) is 1. The third kappa shape index (κ3) is 2.27. The smallest absolute Gasteiger partial charge is 0.225 e. The van der Waals surface area contributed by atoms with Gasteiger partial charge in [0.05, 0.1) is 23.8 Å². The molecular weight excluding hydrogens is 262 g/mol. The second-order valence-electron chi connectivity index (χ2n) is 5.58. The number of amides is 1. The molecule has 1 aromatic carbocycles. The third-order valence-electron chi connectivity index (χ3n) is 3.85. The molecule has 2 aromatic heterocycles. The molecule has 4 heteroatoms. The number of likely N-dealkylation sites (N-methyl/N-ethyl adjacent to an activating group) is 1. The van der Waals surface area contributed by atoms with E-state index in [-0.39, 0.29) is 5.91 Å². The second-order valence-corrected chi connectivity index (χ2v) is 5.58. The molecule has 4 nitrogen and oxygen atoms in total. The number of aromatic amines is 1. The number of hydrogen-bond donors (Lipinski definition) is 2. The summed E-state index contributed by atoms with van der Waals surface area (Å²) in [5.74, 6) is 0.295. The molecule has 0 bridgehead atoms. The minimum Gasteiger partial charge on any atom is -0.359 e. The lowest BCUT2D eigenvalue weighted by Gasteiger charge is -2.13. The Bertz CT molecular complexity index is 817. The number of para-hydroxylation sites is 1. The Hall–Kier alpha value is -2.36. The van der Waals surface area contributed by atoms with Gasteiger partial charge in [0.25, 0.3) is 0 Å². The third-order valence-corrected chi connectivity index (χ3v) is 3.85. The van der Waals surface area contributed by atoms with Crippen molar-refractivity contribution in [2.75, 3.05) is 7.05 Å². The second kappa shape index (κ2) is 5.20. The molecule has 0 atom stereocenters. The zero-order valence-electron chi connectivity index (χ0n) is 12.5. The number of aromatic nitrogens is 2. The summed E-state index contributed by atoms with van der Waals surface area (Å²) in [4.78, 5) is 19.7. The fraction of sp³-hybridized carbons (Fsp3) is 0.294. The first-order valence-electron chi connectivity index (χ1n) is 7.20. The summed E-state index contributed by atoms with van der Waals surface area (Å²) in [6, 6.07) is 8.24. The zero-order valence-corrected chi connectivity index (χ0v) is 12.5. The van der Waals surface area contributed by atoms with Gasteiger partial charge in [-0.2, -0.15) is 0 Å². The van der Waals surface area contributed by atoms with Crippen molar-refractivity contribution in [1.29, 1.82) is 0 Å². The highest BCUT2D eigenvalue weighted by atomic mass is 16.1. The first-order chi connectivity index (χ1) is 10.1. The summed E-state index contributed by atoms with van der Waals surface area (Å²) in [6.45, 7) is 4.29. The summed E-state index contributed by atoms with van der Waals surface area (Å²) >= 11 is 0. The number of benzene rings is 1. The molecule has 3 rings (SSSR count). The van der Waals surface area contributed by atoms with E-state index < -0.39 is 0 Å². The van der Waals surface area contributed by atoms with Crippen LogP contribution in [0.4, 0.5) is 0 Å². The Kier molecular flexibility index (Phi) is 3.37. The van der Waals surface area contributed by atoms with Gasteiger partial charge in [0.15, 0.2) is 0 Å². The molecular formula is C17H19N3O. The largest absolute Gasteiger partial charge is 0.359 e. The first kappa shape index (κ1) is 13.6. The Morgan fingerprint density at radius 3 is 2.76 bits per heavy atom. The number of hydrogen-bond acceptors (Lipinski definition) is 2. The van der Waals surface area contributed by atoms with Crippen LogP contribution < -0.4 is 5.32 Å². The number of fused-ring (bicyclic) bond motifs is 3. The molecule has 0 spiro atoms. The van der Waals surface area contributed by atoms with Crippen LogP contribution in [0.5, 0.6) is 0 Å². The number of carbonyl (C=O) groups is 1. The lowest BCUT2D eigenvalue weighted by atomic mass is 9.94. The highest BCUT2D eigenvalue weighted by Gasteiger charge is 2.18. The van der Waals surface area contributed by atoms with Gasteiger partial charge in [-0.25, -0.2) is 0 Å². The van der Waals surface area contributed by atoms with Crippen LogP contribution in [0.3, 0.4) is 0 Å². The van der Waals surface area contributed by atoms with E-state index in [1.807, 2.05) is 18.3 Å². The summed E-state index contributed by atoms with van der Waals surface area (Å²) < 4.78 is 0. The Morgan fingerprint density at radius 2 is 2.05 bits per heavy atom. The van der Waals surface area contributed by atoms with Crippen LogP contribution in [-0.2, 0) is 11.2 Å². The topological polar surface area (TPSA) is 57.8 Å². The monoisotopic (exact) mass is 281 g/mol. The van der Waals surface area contributed by atoms with Crippen LogP contribution >= 0.6 is 0 Å². The minimum atomic E-state index is -0.0106. The first-order valence-corrected chi connectivity index (χ1v) is 7.20. The van der Waals surface area contributed by atoms with E-state index in [0.29, 0.717) is 12.3 Å². The Balaban J connectivity index is 2.32. The average molecular weight is 281 g/mol. The van der Waals surface area contributed by atoms with Gasteiger partial charge >= 0.3 is 0 Å². The van der Waals surface area contributed by atoms with E-state index in [0.717, 1.165) is 22.3 Å². The molecule has 1 amide bonds. The quantitative estimate of drug-likeness (QED) is 0.775. The number of carbonyl (C=O) groups excluding carboxylic acids is 1. The highest BCUT2D eigenvalue weighted by molar-refractivity contribution is 6.09. The molecule has 108 valence electrons. The lowest BCUT2D eigenvalue weighted by Crippen LogP contribution is -2.21. The summed E-state index contributed by atoms with van der Waals surface area (Å²) in [6.07, 6.45) is 2.15. The van der Waals surface area contributed by atoms with Crippen LogP contribution in [0, 0.1) is 0 Å². The van der Waals surface area contributed by atoms with Crippen LogP contribution in [0.2, 0.25) is 0 Å². The van der Waals surface area contributed by atoms with Gasteiger partial charge in [-0.05, 0) is 17.5 Å². The van der Waals surface area contributed by atoms with Crippen LogP contribution in [0.1, 0.15) is 31.0 Å². The van der Waals surface area contributed by atoms with E-state index in [1.165, 1.54) is 10.8 Å².